The maximum absolute atomic E-state index is 5.31. The topological polar surface area (TPSA) is 64.9 Å². The van der Waals surface area contributed by atoms with Gasteiger partial charge >= 0.3 is 0 Å². The molecule has 0 radical (unpaired) electrons. The molecule has 0 aliphatic rings. The fraction of sp³-hybridized carbons (Fsp3) is 0.417. The van der Waals surface area contributed by atoms with Gasteiger partial charge in [0.05, 0.1) is 6.61 Å². The van der Waals surface area contributed by atoms with Gasteiger partial charge in [0.1, 0.15) is 0 Å². The number of aryl methyl sites for hydroxylation is 1. The lowest BCUT2D eigenvalue weighted by molar-refractivity contribution is 0.326. The van der Waals surface area contributed by atoms with Crippen molar-refractivity contribution in [1.29, 1.82) is 0 Å². The lowest BCUT2D eigenvalue weighted by Crippen LogP contribution is -2.10. The molecule has 6 nitrogen and oxygen atoms in total. The van der Waals surface area contributed by atoms with Crippen LogP contribution in [0.15, 0.2) is 24.5 Å². The Kier molecular flexibility index (Phi) is 4.11. The molecule has 2 heterocycles. The second-order valence-corrected chi connectivity index (χ2v) is 3.77. The van der Waals surface area contributed by atoms with Crippen LogP contribution in [-0.4, -0.2) is 32.9 Å². The summed E-state index contributed by atoms with van der Waals surface area (Å²) >= 11 is 0. The molecule has 0 spiro atoms. The molecule has 0 saturated heterocycles. The van der Waals surface area contributed by atoms with Gasteiger partial charge in [0, 0.05) is 44.2 Å². The summed E-state index contributed by atoms with van der Waals surface area (Å²) in [6, 6.07) is 3.74. The molecule has 0 unspecified atom stereocenters. The summed E-state index contributed by atoms with van der Waals surface area (Å²) in [5, 5.41) is 7.28. The van der Waals surface area contributed by atoms with E-state index in [0.717, 1.165) is 13.0 Å². The van der Waals surface area contributed by atoms with Crippen molar-refractivity contribution in [3.63, 3.8) is 0 Å². The zero-order chi connectivity index (χ0) is 12.8. The molecule has 0 fully saturated rings. The van der Waals surface area contributed by atoms with E-state index in [1.807, 2.05) is 24.7 Å². The van der Waals surface area contributed by atoms with Gasteiger partial charge in [0.15, 0.2) is 0 Å². The van der Waals surface area contributed by atoms with E-state index in [1.54, 1.807) is 18.5 Å². The van der Waals surface area contributed by atoms with Gasteiger partial charge in [-0.3, -0.25) is 4.68 Å². The number of ether oxygens (including phenoxy) is 1. The normalized spacial score (nSPS) is 10.3. The van der Waals surface area contributed by atoms with Gasteiger partial charge < -0.3 is 10.1 Å². The first kappa shape index (κ1) is 12.3. The number of aromatic nitrogens is 4. The zero-order valence-corrected chi connectivity index (χ0v) is 10.6. The Bertz CT molecular complexity index is 497. The van der Waals surface area contributed by atoms with Gasteiger partial charge in [0.25, 0.3) is 0 Å². The van der Waals surface area contributed by atoms with Crippen molar-refractivity contribution in [3.05, 3.63) is 30.2 Å². The SMILES string of the molecule is CCOc1ccnc(NCCc2ccnn2C)n1. The van der Waals surface area contributed by atoms with Crippen molar-refractivity contribution in [2.45, 2.75) is 13.3 Å². The number of rotatable bonds is 6. The predicted octanol–water partition coefficient (Wildman–Crippen LogP) is 1.26. The Morgan fingerprint density at radius 2 is 2.22 bits per heavy atom. The third-order valence-corrected chi connectivity index (χ3v) is 2.51. The summed E-state index contributed by atoms with van der Waals surface area (Å²) < 4.78 is 7.17. The molecular weight excluding hydrogens is 230 g/mol. The van der Waals surface area contributed by atoms with Crippen molar-refractivity contribution < 1.29 is 4.74 Å². The quantitative estimate of drug-likeness (QED) is 0.832. The first-order valence-corrected chi connectivity index (χ1v) is 5.96. The van der Waals surface area contributed by atoms with Crippen molar-refractivity contribution in [3.8, 4) is 5.88 Å². The first-order chi connectivity index (χ1) is 8.79. The standard InChI is InChI=1S/C12H17N5O/c1-3-18-11-6-8-14-12(16-11)13-7-4-10-5-9-15-17(10)2/h5-6,8-9H,3-4,7H2,1-2H3,(H,13,14,16). The van der Waals surface area contributed by atoms with Crippen molar-refractivity contribution in [2.24, 2.45) is 7.05 Å². The van der Waals surface area contributed by atoms with Crippen LogP contribution in [0.5, 0.6) is 5.88 Å². The summed E-state index contributed by atoms with van der Waals surface area (Å²) in [7, 11) is 1.93. The van der Waals surface area contributed by atoms with E-state index in [4.69, 9.17) is 4.74 Å². The Labute approximate surface area is 106 Å². The molecule has 2 aromatic heterocycles. The molecular formula is C12H17N5O. The van der Waals surface area contributed by atoms with E-state index < -0.39 is 0 Å². The molecule has 0 aliphatic carbocycles. The highest BCUT2D eigenvalue weighted by Gasteiger charge is 2.01. The Morgan fingerprint density at radius 3 is 2.94 bits per heavy atom. The average Bonchev–Trinajstić information content (AvgIpc) is 2.76. The van der Waals surface area contributed by atoms with E-state index in [1.165, 1.54) is 5.69 Å². The molecule has 18 heavy (non-hydrogen) atoms. The summed E-state index contributed by atoms with van der Waals surface area (Å²) in [5.41, 5.74) is 1.17. The lowest BCUT2D eigenvalue weighted by atomic mass is 10.3. The van der Waals surface area contributed by atoms with Gasteiger partial charge in [0.2, 0.25) is 11.8 Å². The van der Waals surface area contributed by atoms with Crippen LogP contribution in [0.25, 0.3) is 0 Å². The van der Waals surface area contributed by atoms with Crippen LogP contribution in [0.4, 0.5) is 5.95 Å². The van der Waals surface area contributed by atoms with Gasteiger partial charge in [-0.05, 0) is 13.0 Å². The van der Waals surface area contributed by atoms with E-state index in [-0.39, 0.29) is 0 Å². The number of hydrogen-bond donors (Lipinski definition) is 1. The van der Waals surface area contributed by atoms with Gasteiger partial charge in [-0.15, -0.1) is 0 Å². The number of hydrogen-bond acceptors (Lipinski definition) is 5. The average molecular weight is 247 g/mol. The molecule has 0 saturated carbocycles. The molecule has 0 amide bonds. The first-order valence-electron chi connectivity index (χ1n) is 5.96. The summed E-state index contributed by atoms with van der Waals surface area (Å²) in [4.78, 5) is 8.38. The molecule has 1 N–H and O–H groups in total. The molecule has 96 valence electrons. The fourth-order valence-electron chi connectivity index (χ4n) is 1.60. The van der Waals surface area contributed by atoms with E-state index in [2.05, 4.69) is 20.4 Å². The van der Waals surface area contributed by atoms with Crippen molar-refractivity contribution in [1.82, 2.24) is 19.7 Å². The minimum atomic E-state index is 0.586. The monoisotopic (exact) mass is 247 g/mol. The summed E-state index contributed by atoms with van der Waals surface area (Å²) in [5.74, 6) is 1.18. The molecule has 0 atom stereocenters. The van der Waals surface area contributed by atoms with Crippen LogP contribution in [0, 0.1) is 0 Å². The number of anilines is 1. The maximum atomic E-state index is 5.31. The third kappa shape index (κ3) is 3.19. The van der Waals surface area contributed by atoms with Crippen molar-refractivity contribution >= 4 is 5.95 Å². The second-order valence-electron chi connectivity index (χ2n) is 3.77. The Morgan fingerprint density at radius 1 is 1.33 bits per heavy atom. The van der Waals surface area contributed by atoms with E-state index >= 15 is 0 Å². The van der Waals surface area contributed by atoms with Gasteiger partial charge in [-0.25, -0.2) is 4.98 Å². The van der Waals surface area contributed by atoms with Crippen molar-refractivity contribution in [2.75, 3.05) is 18.5 Å². The molecule has 0 bridgehead atoms. The number of nitrogens with one attached hydrogen (secondary N) is 1. The Hall–Kier alpha value is -2.11. The highest BCUT2D eigenvalue weighted by atomic mass is 16.5. The molecule has 2 aromatic rings. The summed E-state index contributed by atoms with van der Waals surface area (Å²) in [6.07, 6.45) is 4.35. The zero-order valence-electron chi connectivity index (χ0n) is 10.6. The number of nitrogens with zero attached hydrogens (tertiary/aromatic N) is 4. The van der Waals surface area contributed by atoms with Crippen LogP contribution in [0.2, 0.25) is 0 Å². The molecule has 2 rings (SSSR count). The molecule has 6 heteroatoms. The summed E-state index contributed by atoms with van der Waals surface area (Å²) in [6.45, 7) is 3.29. The minimum Gasteiger partial charge on any atom is -0.478 e. The molecule has 0 aromatic carbocycles. The predicted molar refractivity (Wildman–Crippen MR) is 68.6 cm³/mol. The van der Waals surface area contributed by atoms with Crippen LogP contribution in [0.3, 0.4) is 0 Å². The highest BCUT2D eigenvalue weighted by Crippen LogP contribution is 2.08. The van der Waals surface area contributed by atoms with Crippen LogP contribution in [0.1, 0.15) is 12.6 Å². The minimum absolute atomic E-state index is 0.586. The van der Waals surface area contributed by atoms with Crippen LogP contribution in [-0.2, 0) is 13.5 Å². The van der Waals surface area contributed by atoms with Gasteiger partial charge in [-0.1, -0.05) is 0 Å². The Balaban J connectivity index is 1.86. The third-order valence-electron chi connectivity index (χ3n) is 2.51. The van der Waals surface area contributed by atoms with Gasteiger partial charge in [-0.2, -0.15) is 10.1 Å². The molecule has 0 aliphatic heterocycles. The lowest BCUT2D eigenvalue weighted by Gasteiger charge is -2.06. The maximum Gasteiger partial charge on any atom is 0.225 e. The fourth-order valence-corrected chi connectivity index (χ4v) is 1.60. The highest BCUT2D eigenvalue weighted by molar-refractivity contribution is 5.27. The largest absolute Gasteiger partial charge is 0.478 e. The van der Waals surface area contributed by atoms with E-state index in [0.29, 0.717) is 18.4 Å². The smallest absolute Gasteiger partial charge is 0.225 e. The van der Waals surface area contributed by atoms with E-state index in [9.17, 15) is 0 Å². The second kappa shape index (κ2) is 6.00. The van der Waals surface area contributed by atoms with Crippen LogP contribution >= 0.6 is 0 Å². The van der Waals surface area contributed by atoms with Crippen LogP contribution < -0.4 is 10.1 Å².